The molecule has 0 amide bonds. The van der Waals surface area contributed by atoms with Gasteiger partial charge in [-0.1, -0.05) is 17.7 Å². The summed E-state index contributed by atoms with van der Waals surface area (Å²) < 4.78 is 54.2. The van der Waals surface area contributed by atoms with Gasteiger partial charge in [0.25, 0.3) is 0 Å². The lowest BCUT2D eigenvalue weighted by Crippen LogP contribution is -2.44. The highest BCUT2D eigenvalue weighted by Gasteiger charge is 2.45. The van der Waals surface area contributed by atoms with Gasteiger partial charge in [-0.15, -0.1) is 0 Å². The summed E-state index contributed by atoms with van der Waals surface area (Å²) in [4.78, 5) is 0.166. The molecule has 0 spiro atoms. The highest BCUT2D eigenvalue weighted by atomic mass is 32.2. The van der Waals surface area contributed by atoms with E-state index in [9.17, 15) is 16.8 Å². The molecule has 1 aromatic carbocycles. The van der Waals surface area contributed by atoms with Gasteiger partial charge in [-0.25, -0.2) is 16.8 Å². The molecule has 0 bridgehead atoms. The van der Waals surface area contributed by atoms with E-state index in [2.05, 4.69) is 5.32 Å². The van der Waals surface area contributed by atoms with E-state index in [0.717, 1.165) is 5.56 Å². The van der Waals surface area contributed by atoms with Gasteiger partial charge in [0.15, 0.2) is 19.7 Å². The van der Waals surface area contributed by atoms with Crippen LogP contribution in [0.1, 0.15) is 5.56 Å². The Bertz CT molecular complexity index is 710. The lowest BCUT2D eigenvalue weighted by atomic mass is 10.2. The third-order valence-corrected chi connectivity index (χ3v) is 7.93. The van der Waals surface area contributed by atoms with Crippen LogP contribution in [0.4, 0.5) is 0 Å². The molecule has 22 heavy (non-hydrogen) atoms. The smallest absolute Gasteiger partial charge is 0.183 e. The van der Waals surface area contributed by atoms with Crippen molar-refractivity contribution in [2.75, 3.05) is 31.8 Å². The first-order valence-electron chi connectivity index (χ1n) is 6.99. The number of benzene rings is 1. The van der Waals surface area contributed by atoms with E-state index in [0.29, 0.717) is 13.2 Å². The van der Waals surface area contributed by atoms with Gasteiger partial charge in [-0.05, 0) is 19.1 Å². The lowest BCUT2D eigenvalue weighted by molar-refractivity contribution is 0.196. The van der Waals surface area contributed by atoms with Crippen LogP contribution < -0.4 is 5.32 Å². The molecule has 2 atom stereocenters. The summed E-state index contributed by atoms with van der Waals surface area (Å²) in [7, 11) is -5.52. The summed E-state index contributed by atoms with van der Waals surface area (Å²) in [5.74, 6) is -0.500. The van der Waals surface area contributed by atoms with E-state index < -0.39 is 31.0 Å². The molecule has 124 valence electrons. The number of nitrogens with one attached hydrogen (secondary N) is 1. The molecule has 0 radical (unpaired) electrons. The number of aryl methyl sites for hydroxylation is 1. The highest BCUT2D eigenvalue weighted by molar-refractivity contribution is 7.96. The summed E-state index contributed by atoms with van der Waals surface area (Å²) in [6.07, 6.45) is 0. The normalized spacial score (nSPS) is 24.5. The second-order valence-electron chi connectivity index (χ2n) is 5.53. The van der Waals surface area contributed by atoms with Crippen LogP contribution in [-0.4, -0.2) is 59.9 Å². The first-order chi connectivity index (χ1) is 10.3. The van der Waals surface area contributed by atoms with Crippen LogP contribution in [-0.2, 0) is 24.4 Å². The first-order valence-corrected chi connectivity index (χ1v) is 10.4. The van der Waals surface area contributed by atoms with Crippen LogP contribution in [0.2, 0.25) is 0 Å². The van der Waals surface area contributed by atoms with Crippen LogP contribution in [0.5, 0.6) is 0 Å². The van der Waals surface area contributed by atoms with Gasteiger partial charge in [0, 0.05) is 19.7 Å². The Hall–Kier alpha value is -0.960. The van der Waals surface area contributed by atoms with Crippen molar-refractivity contribution >= 4 is 19.7 Å². The number of rotatable bonds is 6. The Morgan fingerprint density at radius 1 is 1.23 bits per heavy atom. The first kappa shape index (κ1) is 17.4. The van der Waals surface area contributed by atoms with Crippen molar-refractivity contribution in [2.45, 2.75) is 23.1 Å². The molecular formula is C14H21NO5S2. The van der Waals surface area contributed by atoms with Crippen LogP contribution >= 0.6 is 0 Å². The summed E-state index contributed by atoms with van der Waals surface area (Å²) >= 11 is 0. The Labute approximate surface area is 131 Å². The molecule has 1 aliphatic heterocycles. The van der Waals surface area contributed by atoms with Crippen LogP contribution in [0.25, 0.3) is 0 Å². The predicted octanol–water partition coefficient (Wildman–Crippen LogP) is 0.170. The van der Waals surface area contributed by atoms with Gasteiger partial charge >= 0.3 is 0 Å². The molecule has 2 rings (SSSR count). The average molecular weight is 347 g/mol. The SMILES string of the molecule is COCCN[C@H]1CS(=O)(=O)C[C@@H]1S(=O)(=O)c1ccc(C)cc1. The summed E-state index contributed by atoms with van der Waals surface area (Å²) in [6, 6.07) is 5.88. The standard InChI is InChI=1S/C14H21NO5S2/c1-11-3-5-12(6-4-11)22(18,19)14-10-21(16,17)9-13(14)15-7-8-20-2/h3-6,13-15H,7-10H2,1-2H3/t13-,14-/m0/s1. The van der Waals surface area contributed by atoms with E-state index in [-0.39, 0.29) is 16.4 Å². The van der Waals surface area contributed by atoms with Gasteiger partial charge in [-0.2, -0.15) is 0 Å². The Morgan fingerprint density at radius 2 is 1.86 bits per heavy atom. The minimum atomic E-state index is -3.70. The molecule has 0 aromatic heterocycles. The number of sulfone groups is 2. The molecule has 1 saturated heterocycles. The maximum atomic E-state index is 12.7. The molecule has 1 N–H and O–H groups in total. The maximum absolute atomic E-state index is 12.7. The van der Waals surface area contributed by atoms with Crippen molar-refractivity contribution in [3.05, 3.63) is 29.8 Å². The van der Waals surface area contributed by atoms with Gasteiger partial charge in [0.2, 0.25) is 0 Å². The van der Waals surface area contributed by atoms with E-state index in [1.54, 1.807) is 12.1 Å². The summed E-state index contributed by atoms with van der Waals surface area (Å²) in [5.41, 5.74) is 0.952. The van der Waals surface area contributed by atoms with E-state index in [1.165, 1.54) is 19.2 Å². The lowest BCUT2D eigenvalue weighted by Gasteiger charge is -2.20. The van der Waals surface area contributed by atoms with E-state index in [4.69, 9.17) is 4.74 Å². The quantitative estimate of drug-likeness (QED) is 0.738. The molecule has 1 aliphatic rings. The molecular weight excluding hydrogens is 326 g/mol. The third-order valence-electron chi connectivity index (χ3n) is 3.76. The maximum Gasteiger partial charge on any atom is 0.183 e. The largest absolute Gasteiger partial charge is 0.383 e. The predicted molar refractivity (Wildman–Crippen MR) is 84.5 cm³/mol. The molecule has 8 heteroatoms. The zero-order valence-corrected chi connectivity index (χ0v) is 14.3. The number of hydrogen-bond donors (Lipinski definition) is 1. The topological polar surface area (TPSA) is 89.5 Å². The van der Waals surface area contributed by atoms with Crippen LogP contribution in [0.3, 0.4) is 0 Å². The summed E-state index contributed by atoms with van der Waals surface area (Å²) in [6.45, 7) is 2.68. The van der Waals surface area contributed by atoms with Crippen molar-refractivity contribution in [3.63, 3.8) is 0 Å². The van der Waals surface area contributed by atoms with Crippen molar-refractivity contribution in [1.82, 2.24) is 5.32 Å². The fourth-order valence-corrected chi connectivity index (χ4v) is 7.28. The van der Waals surface area contributed by atoms with Gasteiger partial charge in [-0.3, -0.25) is 0 Å². The molecule has 1 heterocycles. The van der Waals surface area contributed by atoms with E-state index >= 15 is 0 Å². The summed E-state index contributed by atoms with van der Waals surface area (Å²) in [5, 5.41) is 2.03. The molecule has 0 saturated carbocycles. The monoisotopic (exact) mass is 347 g/mol. The van der Waals surface area contributed by atoms with Crippen molar-refractivity contribution in [3.8, 4) is 0 Å². The third kappa shape index (κ3) is 3.87. The highest BCUT2D eigenvalue weighted by Crippen LogP contribution is 2.26. The van der Waals surface area contributed by atoms with E-state index in [1.807, 2.05) is 6.92 Å². The van der Waals surface area contributed by atoms with Crippen LogP contribution in [0, 0.1) is 6.92 Å². The van der Waals surface area contributed by atoms with Crippen molar-refractivity contribution in [2.24, 2.45) is 0 Å². The van der Waals surface area contributed by atoms with Crippen molar-refractivity contribution in [1.29, 1.82) is 0 Å². The molecule has 0 unspecified atom stereocenters. The minimum Gasteiger partial charge on any atom is -0.383 e. The van der Waals surface area contributed by atoms with Gasteiger partial charge in [0.1, 0.15) is 0 Å². The average Bonchev–Trinajstić information content (AvgIpc) is 2.75. The number of methoxy groups -OCH3 is 1. The fourth-order valence-electron chi connectivity index (χ4n) is 2.56. The van der Waals surface area contributed by atoms with Crippen LogP contribution in [0.15, 0.2) is 29.2 Å². The Balaban J connectivity index is 2.28. The number of ether oxygens (including phenoxy) is 1. The molecule has 1 fully saturated rings. The van der Waals surface area contributed by atoms with Gasteiger partial charge in [0.05, 0.1) is 28.3 Å². The second kappa shape index (κ2) is 6.66. The Kier molecular flexibility index (Phi) is 5.26. The zero-order valence-electron chi connectivity index (χ0n) is 12.7. The molecule has 6 nitrogen and oxygen atoms in total. The second-order valence-corrected chi connectivity index (χ2v) is 9.85. The number of hydrogen-bond acceptors (Lipinski definition) is 6. The Morgan fingerprint density at radius 3 is 2.45 bits per heavy atom. The van der Waals surface area contributed by atoms with Gasteiger partial charge < -0.3 is 10.1 Å². The van der Waals surface area contributed by atoms with Crippen molar-refractivity contribution < 1.29 is 21.6 Å². The zero-order chi connectivity index (χ0) is 16.4. The molecule has 1 aromatic rings. The fraction of sp³-hybridized carbons (Fsp3) is 0.571. The molecule has 0 aliphatic carbocycles. The minimum absolute atomic E-state index is 0.160.